The van der Waals surface area contributed by atoms with Gasteiger partial charge in [-0.3, -0.25) is 4.79 Å². The van der Waals surface area contributed by atoms with E-state index >= 15 is 0 Å². The minimum atomic E-state index is -0.318. The zero-order valence-corrected chi connectivity index (χ0v) is 11.8. The molecule has 2 aromatic rings. The molecule has 3 rings (SSSR count). The Labute approximate surface area is 119 Å². The largest absolute Gasteiger partial charge is 0.393 e. The maximum Gasteiger partial charge on any atom is 0.266 e. The first-order valence-electron chi connectivity index (χ1n) is 6.45. The molecule has 0 radical (unpaired) electrons. The van der Waals surface area contributed by atoms with Crippen molar-refractivity contribution in [1.82, 2.24) is 25.1 Å². The van der Waals surface area contributed by atoms with Crippen molar-refractivity contribution in [2.75, 3.05) is 13.1 Å². The molecule has 1 aliphatic heterocycles. The first-order valence-corrected chi connectivity index (χ1v) is 7.33. The Balaban J connectivity index is 1.83. The molecule has 8 heteroatoms. The second kappa shape index (κ2) is 5.29. The molecule has 20 heavy (non-hydrogen) atoms. The van der Waals surface area contributed by atoms with Gasteiger partial charge >= 0.3 is 0 Å². The Morgan fingerprint density at radius 2 is 2.40 bits per heavy atom. The number of aromatic nitrogens is 4. The lowest BCUT2D eigenvalue weighted by Crippen LogP contribution is -2.44. The van der Waals surface area contributed by atoms with Crippen molar-refractivity contribution in [2.24, 2.45) is 5.92 Å². The van der Waals surface area contributed by atoms with Gasteiger partial charge < -0.3 is 10.0 Å². The van der Waals surface area contributed by atoms with Gasteiger partial charge in [0.05, 0.1) is 11.8 Å². The van der Waals surface area contributed by atoms with Crippen molar-refractivity contribution in [3.63, 3.8) is 0 Å². The van der Waals surface area contributed by atoms with Crippen molar-refractivity contribution >= 4 is 17.2 Å². The summed E-state index contributed by atoms with van der Waals surface area (Å²) in [5.74, 6) is 0.0772. The summed E-state index contributed by atoms with van der Waals surface area (Å²) in [5.41, 5.74) is 0.698. The fourth-order valence-corrected chi connectivity index (χ4v) is 3.22. The maximum atomic E-state index is 12.6. The molecule has 1 saturated heterocycles. The highest BCUT2D eigenvalue weighted by Crippen LogP contribution is 2.25. The first kappa shape index (κ1) is 13.2. The van der Waals surface area contributed by atoms with Crippen LogP contribution in [-0.4, -0.2) is 55.3 Å². The number of hydrogen-bond donors (Lipinski definition) is 1. The maximum absolute atomic E-state index is 12.6. The third kappa shape index (κ3) is 2.32. The summed E-state index contributed by atoms with van der Waals surface area (Å²) >= 11 is 1.38. The molecule has 1 fully saturated rings. The summed E-state index contributed by atoms with van der Waals surface area (Å²) in [7, 11) is 0. The van der Waals surface area contributed by atoms with Crippen LogP contribution >= 0.6 is 11.3 Å². The highest BCUT2D eigenvalue weighted by Gasteiger charge is 2.29. The molecule has 106 valence electrons. The molecule has 1 amide bonds. The fourth-order valence-electron chi connectivity index (χ4n) is 2.38. The van der Waals surface area contributed by atoms with E-state index in [9.17, 15) is 9.90 Å². The lowest BCUT2D eigenvalue weighted by molar-refractivity contribution is 0.0300. The van der Waals surface area contributed by atoms with Gasteiger partial charge in [0.2, 0.25) is 0 Å². The molecule has 0 aliphatic carbocycles. The highest BCUT2D eigenvalue weighted by atomic mass is 32.1. The summed E-state index contributed by atoms with van der Waals surface area (Å²) in [6.45, 7) is 3.12. The third-order valence-corrected chi connectivity index (χ3v) is 4.47. The Bertz CT molecular complexity index is 597. The smallest absolute Gasteiger partial charge is 0.266 e. The van der Waals surface area contributed by atoms with Gasteiger partial charge in [-0.15, -0.1) is 16.4 Å². The second-order valence-electron chi connectivity index (χ2n) is 4.97. The van der Waals surface area contributed by atoms with Gasteiger partial charge in [-0.25, -0.2) is 0 Å². The SMILES string of the molecule is CC1CN(C(=O)c2sccc2-n2cnnn2)CCC1O. The van der Waals surface area contributed by atoms with Crippen LogP contribution in [0.5, 0.6) is 0 Å². The monoisotopic (exact) mass is 293 g/mol. The van der Waals surface area contributed by atoms with E-state index in [1.54, 1.807) is 4.90 Å². The molecule has 0 aromatic carbocycles. The molecule has 7 nitrogen and oxygen atoms in total. The molecule has 1 aliphatic rings. The molecule has 2 unspecified atom stereocenters. The van der Waals surface area contributed by atoms with Crippen molar-refractivity contribution in [3.8, 4) is 5.69 Å². The number of hydrogen-bond acceptors (Lipinski definition) is 6. The number of likely N-dealkylation sites (tertiary alicyclic amines) is 1. The number of tetrazole rings is 1. The molecule has 0 saturated carbocycles. The van der Waals surface area contributed by atoms with Crippen LogP contribution in [0.1, 0.15) is 23.0 Å². The van der Waals surface area contributed by atoms with Crippen molar-refractivity contribution < 1.29 is 9.90 Å². The van der Waals surface area contributed by atoms with Crippen LogP contribution in [0, 0.1) is 5.92 Å². The Kier molecular flexibility index (Phi) is 3.49. The van der Waals surface area contributed by atoms with Crippen LogP contribution in [0.3, 0.4) is 0 Å². The average Bonchev–Trinajstić information content (AvgIpc) is 3.10. The summed E-state index contributed by atoms with van der Waals surface area (Å²) in [5, 5.41) is 22.6. The van der Waals surface area contributed by atoms with Crippen LogP contribution in [0.4, 0.5) is 0 Å². The number of carbonyl (C=O) groups excluding carboxylic acids is 1. The van der Waals surface area contributed by atoms with Gasteiger partial charge in [-0.05, 0) is 34.2 Å². The predicted octanol–water partition coefficient (Wildman–Crippen LogP) is 0.567. The van der Waals surface area contributed by atoms with Gasteiger partial charge in [0, 0.05) is 13.1 Å². The molecule has 0 bridgehead atoms. The second-order valence-corrected chi connectivity index (χ2v) is 5.89. The van der Waals surface area contributed by atoms with Gasteiger partial charge in [0.25, 0.3) is 5.91 Å². The quantitative estimate of drug-likeness (QED) is 0.875. The molecule has 0 spiro atoms. The van der Waals surface area contributed by atoms with Crippen LogP contribution in [0.25, 0.3) is 5.69 Å². The van der Waals surface area contributed by atoms with E-state index in [2.05, 4.69) is 15.5 Å². The van der Waals surface area contributed by atoms with Crippen LogP contribution < -0.4 is 0 Å². The van der Waals surface area contributed by atoms with Crippen LogP contribution in [-0.2, 0) is 0 Å². The van der Waals surface area contributed by atoms with Crippen molar-refractivity contribution in [2.45, 2.75) is 19.4 Å². The predicted molar refractivity (Wildman–Crippen MR) is 72.7 cm³/mol. The van der Waals surface area contributed by atoms with E-state index in [1.807, 2.05) is 18.4 Å². The molecule has 3 heterocycles. The van der Waals surface area contributed by atoms with E-state index in [-0.39, 0.29) is 17.9 Å². The van der Waals surface area contributed by atoms with E-state index in [0.29, 0.717) is 30.1 Å². The van der Waals surface area contributed by atoms with Crippen LogP contribution in [0.15, 0.2) is 17.8 Å². The van der Waals surface area contributed by atoms with Crippen molar-refractivity contribution in [1.29, 1.82) is 0 Å². The van der Waals surface area contributed by atoms with E-state index in [1.165, 1.54) is 22.3 Å². The van der Waals surface area contributed by atoms with E-state index in [0.717, 1.165) is 0 Å². The van der Waals surface area contributed by atoms with Gasteiger partial charge in [0.15, 0.2) is 0 Å². The lowest BCUT2D eigenvalue weighted by atomic mass is 9.96. The fraction of sp³-hybridized carbons (Fsp3) is 0.500. The number of thiophene rings is 1. The molecule has 2 aromatic heterocycles. The summed E-state index contributed by atoms with van der Waals surface area (Å²) in [4.78, 5) is 15.0. The minimum Gasteiger partial charge on any atom is -0.393 e. The number of aliphatic hydroxyl groups is 1. The Hall–Kier alpha value is -1.80. The summed E-state index contributed by atoms with van der Waals surface area (Å²) in [6.07, 6.45) is 1.78. The highest BCUT2D eigenvalue weighted by molar-refractivity contribution is 7.12. The zero-order chi connectivity index (χ0) is 14.1. The Morgan fingerprint density at radius 3 is 3.10 bits per heavy atom. The molecular weight excluding hydrogens is 278 g/mol. The molecule has 1 N–H and O–H groups in total. The summed E-state index contributed by atoms with van der Waals surface area (Å²) in [6, 6.07) is 1.83. The minimum absolute atomic E-state index is 0.0238. The van der Waals surface area contributed by atoms with Gasteiger partial charge in [-0.2, -0.15) is 4.68 Å². The molecular formula is C12H15N5O2S. The number of amides is 1. The van der Waals surface area contributed by atoms with Crippen LogP contribution in [0.2, 0.25) is 0 Å². The Morgan fingerprint density at radius 1 is 1.55 bits per heavy atom. The standard InChI is InChI=1S/C12H15N5O2S/c1-8-6-16(4-2-10(8)18)12(19)11-9(3-5-20-11)17-7-13-14-15-17/h3,5,7-8,10,18H,2,4,6H2,1H3. The lowest BCUT2D eigenvalue weighted by Gasteiger charge is -2.34. The third-order valence-electron chi connectivity index (χ3n) is 3.58. The number of rotatable bonds is 2. The van der Waals surface area contributed by atoms with E-state index < -0.39 is 0 Å². The van der Waals surface area contributed by atoms with Gasteiger partial charge in [0.1, 0.15) is 11.2 Å². The summed E-state index contributed by atoms with van der Waals surface area (Å²) < 4.78 is 1.49. The topological polar surface area (TPSA) is 84.1 Å². The normalized spacial score (nSPS) is 23.0. The number of carbonyl (C=O) groups is 1. The van der Waals surface area contributed by atoms with E-state index in [4.69, 9.17) is 0 Å². The van der Waals surface area contributed by atoms with Gasteiger partial charge in [-0.1, -0.05) is 6.92 Å². The molecule has 2 atom stereocenters. The first-order chi connectivity index (χ1) is 9.66. The zero-order valence-electron chi connectivity index (χ0n) is 11.0. The number of aliphatic hydroxyl groups excluding tert-OH is 1. The number of piperidine rings is 1. The average molecular weight is 293 g/mol. The van der Waals surface area contributed by atoms with Crippen molar-refractivity contribution in [3.05, 3.63) is 22.7 Å². The number of nitrogens with zero attached hydrogens (tertiary/aromatic N) is 5.